The topological polar surface area (TPSA) is 93.1 Å². The van der Waals surface area contributed by atoms with Crippen LogP contribution in [0.4, 0.5) is 5.69 Å². The van der Waals surface area contributed by atoms with E-state index >= 15 is 0 Å². The molecule has 7 nitrogen and oxygen atoms in total. The van der Waals surface area contributed by atoms with E-state index in [2.05, 4.69) is 15.6 Å². The fraction of sp³-hybridized carbons (Fsp3) is 0.333. The molecule has 0 saturated carbocycles. The van der Waals surface area contributed by atoms with Crippen LogP contribution in [0.2, 0.25) is 0 Å². The zero-order chi connectivity index (χ0) is 18.2. The van der Waals surface area contributed by atoms with E-state index in [4.69, 9.17) is 0 Å². The zero-order valence-corrected chi connectivity index (χ0v) is 14.4. The Hall–Kier alpha value is -2.96. The average Bonchev–Trinajstić information content (AvgIpc) is 2.60. The van der Waals surface area contributed by atoms with Crippen molar-refractivity contribution in [2.75, 3.05) is 5.32 Å². The van der Waals surface area contributed by atoms with Crippen LogP contribution >= 0.6 is 0 Å². The first kappa shape index (κ1) is 18.4. The van der Waals surface area contributed by atoms with Crippen molar-refractivity contribution in [3.63, 3.8) is 0 Å². The van der Waals surface area contributed by atoms with E-state index < -0.39 is 5.56 Å². The molecule has 2 rings (SSSR count). The lowest BCUT2D eigenvalue weighted by Gasteiger charge is -2.12. The molecule has 0 spiro atoms. The summed E-state index contributed by atoms with van der Waals surface area (Å²) in [6, 6.07) is 8.71. The van der Waals surface area contributed by atoms with Crippen molar-refractivity contribution in [2.45, 2.75) is 39.8 Å². The zero-order valence-electron chi connectivity index (χ0n) is 14.4. The van der Waals surface area contributed by atoms with E-state index in [9.17, 15) is 14.4 Å². The predicted molar refractivity (Wildman–Crippen MR) is 95.1 cm³/mol. The van der Waals surface area contributed by atoms with Gasteiger partial charge < -0.3 is 15.2 Å². The molecule has 0 aliphatic heterocycles. The highest BCUT2D eigenvalue weighted by atomic mass is 16.2. The molecule has 0 aromatic carbocycles. The van der Waals surface area contributed by atoms with Gasteiger partial charge in [-0.15, -0.1) is 0 Å². The molecule has 132 valence electrons. The second-order valence-electron chi connectivity index (χ2n) is 5.68. The minimum Gasteiger partial charge on any atom is -0.349 e. The minimum atomic E-state index is -0.391. The van der Waals surface area contributed by atoms with Gasteiger partial charge in [0.05, 0.1) is 12.2 Å². The van der Waals surface area contributed by atoms with Gasteiger partial charge in [0.1, 0.15) is 12.2 Å². The third-order valence-electron chi connectivity index (χ3n) is 3.64. The predicted octanol–water partition coefficient (Wildman–Crippen LogP) is 1.61. The van der Waals surface area contributed by atoms with Crippen LogP contribution in [-0.2, 0) is 22.7 Å². The molecule has 2 N–H and O–H groups in total. The van der Waals surface area contributed by atoms with Crippen molar-refractivity contribution in [3.8, 4) is 0 Å². The highest BCUT2D eigenvalue weighted by Crippen LogP contribution is 2.05. The Balaban J connectivity index is 2.06. The van der Waals surface area contributed by atoms with Gasteiger partial charge in [-0.3, -0.25) is 19.4 Å². The van der Waals surface area contributed by atoms with Crippen LogP contribution in [0, 0.1) is 6.92 Å². The molecule has 0 aliphatic carbocycles. The van der Waals surface area contributed by atoms with Crippen molar-refractivity contribution in [1.29, 1.82) is 0 Å². The monoisotopic (exact) mass is 342 g/mol. The third-order valence-corrected chi connectivity index (χ3v) is 3.64. The average molecular weight is 342 g/mol. The fourth-order valence-corrected chi connectivity index (χ4v) is 2.29. The van der Waals surface area contributed by atoms with Gasteiger partial charge in [0.15, 0.2) is 0 Å². The van der Waals surface area contributed by atoms with Crippen LogP contribution in [0.3, 0.4) is 0 Å². The smallest absolute Gasteiger partial charge is 0.274 e. The largest absolute Gasteiger partial charge is 0.349 e. The quantitative estimate of drug-likeness (QED) is 0.799. The van der Waals surface area contributed by atoms with Crippen LogP contribution in [0.15, 0.2) is 41.3 Å². The number of aromatic nitrogens is 2. The SMILES string of the molecule is CCCC(=O)Nc1ccc(C)n(CC(=O)NCc2ccccn2)c1=O. The molecule has 2 amide bonds. The number of carbonyl (C=O) groups is 2. The third kappa shape index (κ3) is 5.27. The number of hydrogen-bond acceptors (Lipinski definition) is 4. The van der Waals surface area contributed by atoms with Gasteiger partial charge in [-0.25, -0.2) is 0 Å². The molecule has 25 heavy (non-hydrogen) atoms. The number of pyridine rings is 2. The van der Waals surface area contributed by atoms with Gasteiger partial charge in [0, 0.05) is 18.3 Å². The lowest BCUT2D eigenvalue weighted by molar-refractivity contribution is -0.122. The van der Waals surface area contributed by atoms with Gasteiger partial charge in [-0.1, -0.05) is 13.0 Å². The standard InChI is InChI=1S/C18H22N4O3/c1-3-6-16(23)21-15-9-8-13(2)22(18(15)25)12-17(24)20-11-14-7-4-5-10-19-14/h4-5,7-10H,3,6,11-12H2,1-2H3,(H,20,24)(H,21,23). The number of aryl methyl sites for hydroxylation is 1. The number of anilines is 1. The van der Waals surface area contributed by atoms with Crippen LogP contribution < -0.4 is 16.2 Å². The molecule has 7 heteroatoms. The summed E-state index contributed by atoms with van der Waals surface area (Å²) >= 11 is 0. The molecule has 0 aliphatic rings. The summed E-state index contributed by atoms with van der Waals surface area (Å²) in [4.78, 5) is 40.5. The van der Waals surface area contributed by atoms with Crippen molar-refractivity contribution < 1.29 is 9.59 Å². The molecule has 0 unspecified atom stereocenters. The second kappa shape index (κ2) is 8.77. The number of nitrogens with zero attached hydrogens (tertiary/aromatic N) is 2. The lowest BCUT2D eigenvalue weighted by Crippen LogP contribution is -2.34. The van der Waals surface area contributed by atoms with Crippen molar-refractivity contribution in [1.82, 2.24) is 14.9 Å². The Bertz CT molecular complexity index is 800. The van der Waals surface area contributed by atoms with E-state index in [1.54, 1.807) is 31.3 Å². The Labute approximate surface area is 146 Å². The first-order valence-electron chi connectivity index (χ1n) is 8.18. The maximum Gasteiger partial charge on any atom is 0.274 e. The molecular formula is C18H22N4O3. The summed E-state index contributed by atoms with van der Waals surface area (Å²) in [6.07, 6.45) is 2.69. The van der Waals surface area contributed by atoms with Gasteiger partial charge in [-0.05, 0) is 37.6 Å². The van der Waals surface area contributed by atoms with E-state index in [0.717, 1.165) is 5.69 Å². The first-order chi connectivity index (χ1) is 12.0. The highest BCUT2D eigenvalue weighted by molar-refractivity contribution is 5.90. The van der Waals surface area contributed by atoms with Crippen molar-refractivity contribution in [3.05, 3.63) is 58.3 Å². The molecule has 0 saturated heterocycles. The summed E-state index contributed by atoms with van der Waals surface area (Å²) in [7, 11) is 0. The number of nitrogens with one attached hydrogen (secondary N) is 2. The minimum absolute atomic E-state index is 0.116. The van der Waals surface area contributed by atoms with Crippen LogP contribution in [-0.4, -0.2) is 21.4 Å². The molecule has 2 aromatic heterocycles. The van der Waals surface area contributed by atoms with E-state index in [0.29, 0.717) is 25.1 Å². The number of rotatable bonds is 7. The summed E-state index contributed by atoms with van der Waals surface area (Å²) in [6.45, 7) is 3.80. The van der Waals surface area contributed by atoms with Gasteiger partial charge in [-0.2, -0.15) is 0 Å². The summed E-state index contributed by atoms with van der Waals surface area (Å²) in [5, 5.41) is 5.33. The summed E-state index contributed by atoms with van der Waals surface area (Å²) in [5.74, 6) is -0.512. The molecule has 2 heterocycles. The summed E-state index contributed by atoms with van der Waals surface area (Å²) in [5.41, 5.74) is 1.17. The highest BCUT2D eigenvalue weighted by Gasteiger charge is 2.12. The second-order valence-corrected chi connectivity index (χ2v) is 5.68. The van der Waals surface area contributed by atoms with Gasteiger partial charge in [0.2, 0.25) is 11.8 Å². The molecule has 0 radical (unpaired) electrons. The van der Waals surface area contributed by atoms with E-state index in [-0.39, 0.29) is 24.0 Å². The van der Waals surface area contributed by atoms with Crippen LogP contribution in [0.5, 0.6) is 0 Å². The van der Waals surface area contributed by atoms with E-state index in [1.165, 1.54) is 4.57 Å². The molecular weight excluding hydrogens is 320 g/mol. The number of carbonyl (C=O) groups excluding carboxylic acids is 2. The Morgan fingerprint density at radius 2 is 1.96 bits per heavy atom. The maximum absolute atomic E-state index is 12.5. The lowest BCUT2D eigenvalue weighted by atomic mass is 10.3. The first-order valence-corrected chi connectivity index (χ1v) is 8.18. The van der Waals surface area contributed by atoms with Gasteiger partial charge >= 0.3 is 0 Å². The van der Waals surface area contributed by atoms with Gasteiger partial charge in [0.25, 0.3) is 5.56 Å². The Kier molecular flexibility index (Phi) is 6.45. The molecule has 2 aromatic rings. The van der Waals surface area contributed by atoms with Crippen molar-refractivity contribution in [2.24, 2.45) is 0 Å². The van der Waals surface area contributed by atoms with Crippen LogP contribution in [0.1, 0.15) is 31.2 Å². The Morgan fingerprint density at radius 3 is 2.64 bits per heavy atom. The molecule has 0 fully saturated rings. The Morgan fingerprint density at radius 1 is 1.16 bits per heavy atom. The molecule has 0 atom stereocenters. The van der Waals surface area contributed by atoms with Crippen molar-refractivity contribution >= 4 is 17.5 Å². The van der Waals surface area contributed by atoms with Crippen LogP contribution in [0.25, 0.3) is 0 Å². The number of hydrogen-bond donors (Lipinski definition) is 2. The normalized spacial score (nSPS) is 10.3. The summed E-state index contributed by atoms with van der Waals surface area (Å²) < 4.78 is 1.34. The maximum atomic E-state index is 12.5. The number of amides is 2. The van der Waals surface area contributed by atoms with E-state index in [1.807, 2.05) is 19.1 Å². The fourth-order valence-electron chi connectivity index (χ4n) is 2.29. The molecule has 0 bridgehead atoms.